The highest BCUT2D eigenvalue weighted by molar-refractivity contribution is 6.09. The lowest BCUT2D eigenvalue weighted by Crippen LogP contribution is -2.12. The number of carbonyl (C=O) groups excluding carboxylic acids is 2. The Morgan fingerprint density at radius 3 is 2.52 bits per heavy atom. The summed E-state index contributed by atoms with van der Waals surface area (Å²) in [5, 5.41) is 3.60. The third-order valence-electron chi connectivity index (χ3n) is 3.73. The van der Waals surface area contributed by atoms with Gasteiger partial charge in [-0.3, -0.25) is 9.78 Å². The van der Waals surface area contributed by atoms with Gasteiger partial charge in [-0.2, -0.15) is 0 Å². The number of nitrogens with zero attached hydrogens (tertiary/aromatic N) is 1. The molecule has 0 unspecified atom stereocenters. The van der Waals surface area contributed by atoms with Crippen molar-refractivity contribution in [3.8, 4) is 0 Å². The average Bonchev–Trinajstić information content (AvgIpc) is 2.62. The summed E-state index contributed by atoms with van der Waals surface area (Å²) in [5.74, 6) is -0.612. The smallest absolute Gasteiger partial charge is 0.338 e. The summed E-state index contributed by atoms with van der Waals surface area (Å²) in [5.41, 5.74) is 3.08. The molecule has 1 N–H and O–H groups in total. The Morgan fingerprint density at radius 2 is 1.80 bits per heavy atom. The number of nitrogens with one attached hydrogen (secondary N) is 1. The lowest BCUT2D eigenvalue weighted by atomic mass is 10.1. The van der Waals surface area contributed by atoms with Crippen LogP contribution in [0.3, 0.4) is 0 Å². The Balaban J connectivity index is 2.02. The summed E-state index contributed by atoms with van der Waals surface area (Å²) in [6.07, 6.45) is 0. The number of carbonyl (C=O) groups is 2. The Hall–Kier alpha value is -3.21. The molecule has 0 fully saturated rings. The molecule has 3 rings (SSSR count). The van der Waals surface area contributed by atoms with Crippen LogP contribution in [0.1, 0.15) is 33.3 Å². The second-order valence-corrected chi connectivity index (χ2v) is 5.58. The number of rotatable bonds is 4. The predicted molar refractivity (Wildman–Crippen MR) is 96.8 cm³/mol. The van der Waals surface area contributed by atoms with Gasteiger partial charge in [-0.05, 0) is 50.2 Å². The van der Waals surface area contributed by atoms with E-state index < -0.39 is 5.97 Å². The molecule has 5 nitrogen and oxygen atoms in total. The molecule has 0 aliphatic rings. The summed E-state index contributed by atoms with van der Waals surface area (Å²) < 4.78 is 5.04. The predicted octanol–water partition coefficient (Wildman–Crippen LogP) is 3.97. The summed E-state index contributed by atoms with van der Waals surface area (Å²) >= 11 is 0. The minimum atomic E-state index is -0.398. The van der Waals surface area contributed by atoms with Crippen LogP contribution < -0.4 is 5.32 Å². The number of esters is 1. The molecule has 0 aliphatic heterocycles. The normalized spacial score (nSPS) is 10.5. The van der Waals surface area contributed by atoms with E-state index in [2.05, 4.69) is 10.3 Å². The molecule has 0 radical (unpaired) electrons. The fourth-order valence-corrected chi connectivity index (χ4v) is 2.59. The van der Waals surface area contributed by atoms with Gasteiger partial charge in [0.1, 0.15) is 0 Å². The van der Waals surface area contributed by atoms with Crippen LogP contribution in [0.4, 0.5) is 5.69 Å². The monoisotopic (exact) mass is 334 g/mol. The molecule has 3 aromatic rings. The van der Waals surface area contributed by atoms with E-state index in [1.54, 1.807) is 43.3 Å². The number of aryl methyl sites for hydroxylation is 1. The van der Waals surface area contributed by atoms with Gasteiger partial charge in [-0.15, -0.1) is 0 Å². The lowest BCUT2D eigenvalue weighted by Gasteiger charge is -2.11. The second kappa shape index (κ2) is 7.13. The fraction of sp³-hybridized carbons (Fsp3) is 0.150. The molecule has 0 spiro atoms. The van der Waals surface area contributed by atoms with Crippen molar-refractivity contribution in [1.82, 2.24) is 4.98 Å². The van der Waals surface area contributed by atoms with Gasteiger partial charge in [0.25, 0.3) is 5.91 Å². The van der Waals surface area contributed by atoms with Crippen molar-refractivity contribution in [2.24, 2.45) is 0 Å². The average molecular weight is 334 g/mol. The molecule has 1 heterocycles. The number of benzene rings is 2. The number of pyridine rings is 1. The second-order valence-electron chi connectivity index (χ2n) is 5.58. The van der Waals surface area contributed by atoms with Crippen LogP contribution in [0.25, 0.3) is 10.9 Å². The molecule has 0 saturated heterocycles. The van der Waals surface area contributed by atoms with Gasteiger partial charge < -0.3 is 10.1 Å². The van der Waals surface area contributed by atoms with Gasteiger partial charge in [-0.25, -0.2) is 4.79 Å². The highest BCUT2D eigenvalue weighted by Gasteiger charge is 2.13. The van der Waals surface area contributed by atoms with Gasteiger partial charge in [0.15, 0.2) is 0 Å². The molecule has 126 valence electrons. The van der Waals surface area contributed by atoms with Gasteiger partial charge in [0.2, 0.25) is 0 Å². The number of fused-ring (bicyclic) bond motifs is 1. The quantitative estimate of drug-likeness (QED) is 0.733. The summed E-state index contributed by atoms with van der Waals surface area (Å²) in [6.45, 7) is 3.92. The summed E-state index contributed by atoms with van der Waals surface area (Å²) in [7, 11) is 0. The Kier molecular flexibility index (Phi) is 4.75. The van der Waals surface area contributed by atoms with Crippen molar-refractivity contribution in [2.75, 3.05) is 11.9 Å². The summed E-state index contributed by atoms with van der Waals surface area (Å²) in [6, 6.07) is 15.9. The van der Waals surface area contributed by atoms with Crippen molar-refractivity contribution in [1.29, 1.82) is 0 Å². The molecule has 1 amide bonds. The first-order chi connectivity index (χ1) is 12.1. The summed E-state index contributed by atoms with van der Waals surface area (Å²) in [4.78, 5) is 28.9. The highest BCUT2D eigenvalue weighted by atomic mass is 16.5. The third-order valence-corrected chi connectivity index (χ3v) is 3.73. The SMILES string of the molecule is CCOC(=O)c1ccc2nc(C)cc(NC(=O)c3ccccc3)c2c1. The minimum Gasteiger partial charge on any atom is -0.462 e. The standard InChI is InChI=1S/C20H18N2O3/c1-3-25-20(24)15-9-10-17-16(12-15)18(11-13(2)21-17)22-19(23)14-7-5-4-6-8-14/h4-12H,3H2,1-2H3,(H,21,22,23). The van der Waals surface area contributed by atoms with E-state index in [9.17, 15) is 9.59 Å². The highest BCUT2D eigenvalue weighted by Crippen LogP contribution is 2.25. The molecule has 0 saturated carbocycles. The third kappa shape index (κ3) is 3.66. The van der Waals surface area contributed by atoms with Crippen LogP contribution in [-0.2, 0) is 4.74 Å². The number of hydrogen-bond acceptors (Lipinski definition) is 4. The van der Waals surface area contributed by atoms with Crippen LogP contribution in [-0.4, -0.2) is 23.5 Å². The van der Waals surface area contributed by atoms with Crippen LogP contribution in [0, 0.1) is 6.92 Å². The number of aromatic nitrogens is 1. The van der Waals surface area contributed by atoms with E-state index in [-0.39, 0.29) is 5.91 Å². The van der Waals surface area contributed by atoms with Gasteiger partial charge in [0.05, 0.1) is 23.4 Å². The lowest BCUT2D eigenvalue weighted by molar-refractivity contribution is 0.0526. The maximum Gasteiger partial charge on any atom is 0.338 e. The maximum absolute atomic E-state index is 12.5. The van der Waals surface area contributed by atoms with Crippen LogP contribution in [0.5, 0.6) is 0 Å². The van der Waals surface area contributed by atoms with Crippen LogP contribution in [0.2, 0.25) is 0 Å². The first kappa shape index (κ1) is 16.6. The zero-order chi connectivity index (χ0) is 17.8. The molecule has 0 atom stereocenters. The molecule has 0 bridgehead atoms. The Morgan fingerprint density at radius 1 is 1.04 bits per heavy atom. The number of hydrogen-bond donors (Lipinski definition) is 1. The number of ether oxygens (including phenoxy) is 1. The number of amides is 1. The van der Waals surface area contributed by atoms with Crippen LogP contribution >= 0.6 is 0 Å². The maximum atomic E-state index is 12.5. The Labute approximate surface area is 145 Å². The van der Waals surface area contributed by atoms with Crippen molar-refractivity contribution in [3.63, 3.8) is 0 Å². The largest absolute Gasteiger partial charge is 0.462 e. The van der Waals surface area contributed by atoms with E-state index in [0.717, 1.165) is 5.69 Å². The van der Waals surface area contributed by atoms with Crippen molar-refractivity contribution < 1.29 is 14.3 Å². The molecular weight excluding hydrogens is 316 g/mol. The molecule has 0 aliphatic carbocycles. The van der Waals surface area contributed by atoms with Crippen LogP contribution in [0.15, 0.2) is 54.6 Å². The topological polar surface area (TPSA) is 68.3 Å². The Bertz CT molecular complexity index is 936. The first-order valence-corrected chi connectivity index (χ1v) is 8.03. The van der Waals surface area contributed by atoms with E-state index in [1.807, 2.05) is 25.1 Å². The van der Waals surface area contributed by atoms with Gasteiger partial charge in [-0.1, -0.05) is 18.2 Å². The fourth-order valence-electron chi connectivity index (χ4n) is 2.59. The molecule has 25 heavy (non-hydrogen) atoms. The molecule has 1 aromatic heterocycles. The van der Waals surface area contributed by atoms with Gasteiger partial charge >= 0.3 is 5.97 Å². The van der Waals surface area contributed by atoms with E-state index in [4.69, 9.17) is 4.74 Å². The molecular formula is C20H18N2O3. The minimum absolute atomic E-state index is 0.214. The molecule has 5 heteroatoms. The van der Waals surface area contributed by atoms with E-state index >= 15 is 0 Å². The first-order valence-electron chi connectivity index (χ1n) is 8.03. The van der Waals surface area contributed by atoms with E-state index in [1.165, 1.54) is 0 Å². The van der Waals surface area contributed by atoms with Crippen molar-refractivity contribution in [2.45, 2.75) is 13.8 Å². The van der Waals surface area contributed by atoms with Crippen molar-refractivity contribution in [3.05, 3.63) is 71.4 Å². The van der Waals surface area contributed by atoms with Gasteiger partial charge in [0, 0.05) is 16.6 Å². The van der Waals surface area contributed by atoms with Crippen molar-refractivity contribution >= 4 is 28.5 Å². The number of anilines is 1. The zero-order valence-electron chi connectivity index (χ0n) is 14.1. The molecule has 2 aromatic carbocycles. The zero-order valence-corrected chi connectivity index (χ0v) is 14.1. The van der Waals surface area contributed by atoms with E-state index in [0.29, 0.717) is 34.3 Å².